The van der Waals surface area contributed by atoms with Crippen molar-refractivity contribution < 1.29 is 0 Å². The van der Waals surface area contributed by atoms with Gasteiger partial charge in [-0.2, -0.15) is 0 Å². The van der Waals surface area contributed by atoms with E-state index < -0.39 is 0 Å². The first kappa shape index (κ1) is 15.7. The van der Waals surface area contributed by atoms with Crippen LogP contribution in [0, 0.1) is 6.92 Å². The Morgan fingerprint density at radius 3 is 2.48 bits per heavy atom. The van der Waals surface area contributed by atoms with Gasteiger partial charge >= 0.3 is 0 Å². The Balaban J connectivity index is 2.17. The van der Waals surface area contributed by atoms with Gasteiger partial charge in [-0.15, -0.1) is 11.3 Å². The van der Waals surface area contributed by atoms with E-state index in [-0.39, 0.29) is 5.41 Å². The van der Waals surface area contributed by atoms with E-state index in [0.717, 1.165) is 41.0 Å². The summed E-state index contributed by atoms with van der Waals surface area (Å²) in [6.07, 6.45) is 2.74. The summed E-state index contributed by atoms with van der Waals surface area (Å²) in [5.41, 5.74) is 0.968. The third-order valence-corrected chi connectivity index (χ3v) is 4.01. The lowest BCUT2D eigenvalue weighted by molar-refractivity contribution is 0.546. The maximum absolute atomic E-state index is 4.69. The van der Waals surface area contributed by atoms with E-state index in [1.807, 2.05) is 25.5 Å². The number of nitrogens with one attached hydrogen (secondary N) is 2. The third kappa shape index (κ3) is 3.91. The SMILES string of the molecule is CNc1nc(C(C)(C)C)nc(NCCc2nccs2)c1C. The smallest absolute Gasteiger partial charge is 0.138 e. The molecule has 2 aromatic heterocycles. The van der Waals surface area contributed by atoms with Crippen molar-refractivity contribution in [3.05, 3.63) is 28.0 Å². The molecule has 0 aliphatic heterocycles. The van der Waals surface area contributed by atoms with Gasteiger partial charge in [0.15, 0.2) is 0 Å². The molecule has 0 fully saturated rings. The molecule has 0 aromatic carbocycles. The van der Waals surface area contributed by atoms with Crippen LogP contribution in [-0.2, 0) is 11.8 Å². The number of aromatic nitrogens is 3. The van der Waals surface area contributed by atoms with E-state index in [1.54, 1.807) is 11.3 Å². The molecule has 6 heteroatoms. The Labute approximate surface area is 130 Å². The highest BCUT2D eigenvalue weighted by Crippen LogP contribution is 2.26. The lowest BCUT2D eigenvalue weighted by Gasteiger charge is -2.20. The number of hydrogen-bond donors (Lipinski definition) is 2. The summed E-state index contributed by atoms with van der Waals surface area (Å²) in [7, 11) is 1.89. The van der Waals surface area contributed by atoms with Crippen molar-refractivity contribution in [2.24, 2.45) is 0 Å². The molecule has 2 aromatic rings. The third-order valence-electron chi connectivity index (χ3n) is 3.17. The van der Waals surface area contributed by atoms with Crippen molar-refractivity contribution >= 4 is 23.0 Å². The normalized spacial score (nSPS) is 11.5. The van der Waals surface area contributed by atoms with E-state index in [4.69, 9.17) is 4.98 Å². The topological polar surface area (TPSA) is 62.7 Å². The molecule has 114 valence electrons. The molecule has 0 saturated carbocycles. The van der Waals surface area contributed by atoms with Crippen molar-refractivity contribution in [1.82, 2.24) is 15.0 Å². The number of hydrogen-bond acceptors (Lipinski definition) is 6. The monoisotopic (exact) mass is 305 g/mol. The van der Waals surface area contributed by atoms with E-state index in [2.05, 4.69) is 41.4 Å². The van der Waals surface area contributed by atoms with Crippen LogP contribution in [0.4, 0.5) is 11.6 Å². The molecular weight excluding hydrogens is 282 g/mol. The molecule has 2 rings (SSSR count). The van der Waals surface area contributed by atoms with Crippen LogP contribution in [0.5, 0.6) is 0 Å². The molecule has 0 aliphatic carbocycles. The molecule has 0 atom stereocenters. The minimum Gasteiger partial charge on any atom is -0.373 e. The van der Waals surface area contributed by atoms with Crippen molar-refractivity contribution in [3.63, 3.8) is 0 Å². The molecule has 0 amide bonds. The van der Waals surface area contributed by atoms with Crippen molar-refractivity contribution in [2.75, 3.05) is 24.2 Å². The quantitative estimate of drug-likeness (QED) is 0.888. The number of thiazole rings is 1. The number of rotatable bonds is 5. The predicted octanol–water partition coefficient (Wildman–Crippen LogP) is 3.24. The highest BCUT2D eigenvalue weighted by atomic mass is 32.1. The Kier molecular flexibility index (Phi) is 4.77. The first-order valence-corrected chi connectivity index (χ1v) is 7.99. The van der Waals surface area contributed by atoms with Crippen LogP contribution >= 0.6 is 11.3 Å². The van der Waals surface area contributed by atoms with E-state index in [9.17, 15) is 0 Å². The van der Waals surface area contributed by atoms with Gasteiger partial charge in [-0.25, -0.2) is 15.0 Å². The molecule has 0 bridgehead atoms. The molecule has 5 nitrogen and oxygen atoms in total. The van der Waals surface area contributed by atoms with Crippen LogP contribution < -0.4 is 10.6 Å². The highest BCUT2D eigenvalue weighted by molar-refractivity contribution is 7.09. The lowest BCUT2D eigenvalue weighted by atomic mass is 9.95. The molecule has 2 N–H and O–H groups in total. The van der Waals surface area contributed by atoms with Gasteiger partial charge in [0.1, 0.15) is 17.5 Å². The minimum atomic E-state index is -0.0783. The summed E-state index contributed by atoms with van der Waals surface area (Å²) in [6.45, 7) is 9.21. The van der Waals surface area contributed by atoms with Crippen molar-refractivity contribution in [3.8, 4) is 0 Å². The van der Waals surface area contributed by atoms with Crippen LogP contribution in [0.15, 0.2) is 11.6 Å². The van der Waals surface area contributed by atoms with Crippen LogP contribution in [0.3, 0.4) is 0 Å². The zero-order valence-electron chi connectivity index (χ0n) is 13.3. The second kappa shape index (κ2) is 6.39. The largest absolute Gasteiger partial charge is 0.373 e. The van der Waals surface area contributed by atoms with Crippen molar-refractivity contribution in [1.29, 1.82) is 0 Å². The summed E-state index contributed by atoms with van der Waals surface area (Å²) in [6, 6.07) is 0. The first-order valence-electron chi connectivity index (χ1n) is 7.11. The molecule has 0 unspecified atom stereocenters. The molecule has 0 aliphatic rings. The summed E-state index contributed by atoms with van der Waals surface area (Å²) in [5, 5.41) is 9.70. The fraction of sp³-hybridized carbons (Fsp3) is 0.533. The van der Waals surface area contributed by atoms with Gasteiger partial charge in [0.2, 0.25) is 0 Å². The molecular formula is C15H23N5S. The van der Waals surface area contributed by atoms with Crippen LogP contribution in [0.2, 0.25) is 0 Å². The Morgan fingerprint density at radius 1 is 1.19 bits per heavy atom. The van der Waals surface area contributed by atoms with Gasteiger partial charge in [-0.3, -0.25) is 0 Å². The fourth-order valence-corrected chi connectivity index (χ4v) is 2.55. The molecule has 21 heavy (non-hydrogen) atoms. The van der Waals surface area contributed by atoms with Crippen molar-refractivity contribution in [2.45, 2.75) is 39.5 Å². The van der Waals surface area contributed by atoms with E-state index >= 15 is 0 Å². The average Bonchev–Trinajstić information content (AvgIpc) is 2.92. The van der Waals surface area contributed by atoms with Gasteiger partial charge in [0.25, 0.3) is 0 Å². The number of nitrogens with zero attached hydrogens (tertiary/aromatic N) is 3. The minimum absolute atomic E-state index is 0.0783. The molecule has 0 saturated heterocycles. The van der Waals surface area contributed by atoms with Crippen LogP contribution in [0.25, 0.3) is 0 Å². The lowest BCUT2D eigenvalue weighted by Crippen LogP contribution is -2.20. The summed E-state index contributed by atoms with van der Waals surface area (Å²) < 4.78 is 0. The summed E-state index contributed by atoms with van der Waals surface area (Å²) in [4.78, 5) is 13.6. The molecule has 0 radical (unpaired) electrons. The second-order valence-electron chi connectivity index (χ2n) is 5.97. The Morgan fingerprint density at radius 2 is 1.90 bits per heavy atom. The Bertz CT molecular complexity index is 587. The first-order chi connectivity index (χ1) is 9.91. The maximum Gasteiger partial charge on any atom is 0.138 e. The van der Waals surface area contributed by atoms with E-state index in [0.29, 0.717) is 0 Å². The van der Waals surface area contributed by atoms with Crippen LogP contribution in [0.1, 0.15) is 37.2 Å². The zero-order valence-corrected chi connectivity index (χ0v) is 14.1. The zero-order chi connectivity index (χ0) is 15.5. The van der Waals surface area contributed by atoms with Gasteiger partial charge < -0.3 is 10.6 Å². The predicted molar refractivity (Wildman–Crippen MR) is 89.3 cm³/mol. The van der Waals surface area contributed by atoms with Crippen LogP contribution in [-0.4, -0.2) is 28.5 Å². The summed E-state index contributed by atoms with van der Waals surface area (Å²) >= 11 is 1.68. The molecule has 2 heterocycles. The standard InChI is InChI=1S/C15H23N5S/c1-10-12(16-5)19-14(15(2,3)4)20-13(10)18-7-6-11-17-8-9-21-11/h8-9H,6-7H2,1-5H3,(H2,16,18,19,20). The number of anilines is 2. The highest BCUT2D eigenvalue weighted by Gasteiger charge is 2.20. The van der Waals surface area contributed by atoms with Gasteiger partial charge in [0.05, 0.1) is 5.01 Å². The van der Waals surface area contributed by atoms with Gasteiger partial charge in [-0.1, -0.05) is 20.8 Å². The second-order valence-corrected chi connectivity index (χ2v) is 6.95. The average molecular weight is 305 g/mol. The molecule has 0 spiro atoms. The van der Waals surface area contributed by atoms with Gasteiger partial charge in [0, 0.05) is 42.6 Å². The summed E-state index contributed by atoms with van der Waals surface area (Å²) in [5.74, 6) is 2.62. The Hall–Kier alpha value is -1.69. The maximum atomic E-state index is 4.69. The fourth-order valence-electron chi connectivity index (χ4n) is 1.93. The van der Waals surface area contributed by atoms with E-state index in [1.165, 1.54) is 0 Å². The van der Waals surface area contributed by atoms with Gasteiger partial charge in [-0.05, 0) is 6.92 Å².